The fraction of sp³-hybridized carbons (Fsp3) is 0.429. The van der Waals surface area contributed by atoms with Gasteiger partial charge in [-0.05, 0) is 19.1 Å². The molecular formula is C14H17Cl2NO4. The predicted molar refractivity (Wildman–Crippen MR) is 81.1 cm³/mol. The van der Waals surface area contributed by atoms with E-state index in [0.717, 1.165) is 0 Å². The normalized spacial score (nSPS) is 11.8. The Bertz CT molecular complexity index is 522. The van der Waals surface area contributed by atoms with E-state index in [0.29, 0.717) is 22.3 Å². The van der Waals surface area contributed by atoms with E-state index in [9.17, 15) is 9.59 Å². The van der Waals surface area contributed by atoms with E-state index in [1.165, 1.54) is 4.90 Å². The van der Waals surface area contributed by atoms with Crippen molar-refractivity contribution in [2.24, 2.45) is 0 Å². The van der Waals surface area contributed by atoms with Gasteiger partial charge < -0.3 is 14.7 Å². The Morgan fingerprint density at radius 3 is 2.52 bits per heavy atom. The van der Waals surface area contributed by atoms with Gasteiger partial charge in [-0.1, -0.05) is 23.2 Å². The number of likely N-dealkylation sites (N-methyl/N-ethyl adjacent to an activating group) is 1. The number of amides is 1. The molecule has 1 aromatic carbocycles. The topological polar surface area (TPSA) is 66.8 Å². The van der Waals surface area contributed by atoms with Crippen LogP contribution in [-0.4, -0.2) is 41.6 Å². The number of nitrogens with zero attached hydrogens (tertiary/aromatic N) is 1. The molecular weight excluding hydrogens is 317 g/mol. The Morgan fingerprint density at radius 1 is 1.29 bits per heavy atom. The third-order valence-corrected chi connectivity index (χ3v) is 3.48. The van der Waals surface area contributed by atoms with Crippen molar-refractivity contribution in [3.63, 3.8) is 0 Å². The lowest BCUT2D eigenvalue weighted by molar-refractivity contribution is -0.140. The number of carbonyl (C=O) groups excluding carboxylic acids is 1. The lowest BCUT2D eigenvalue weighted by Crippen LogP contribution is -2.35. The highest BCUT2D eigenvalue weighted by Gasteiger charge is 2.15. The van der Waals surface area contributed by atoms with Gasteiger partial charge in [0.15, 0.2) is 0 Å². The summed E-state index contributed by atoms with van der Waals surface area (Å²) in [5.74, 6) is -0.665. The molecule has 0 fully saturated rings. The van der Waals surface area contributed by atoms with Gasteiger partial charge in [-0.25, -0.2) is 0 Å². The number of carbonyl (C=O) groups is 2. The minimum Gasteiger partial charge on any atom is -0.489 e. The number of ether oxygens (including phenoxy) is 1. The first-order valence-electron chi connectivity index (χ1n) is 6.37. The van der Waals surface area contributed by atoms with Crippen molar-refractivity contribution in [3.8, 4) is 5.75 Å². The minimum atomic E-state index is -0.989. The Morgan fingerprint density at radius 2 is 1.95 bits per heavy atom. The smallest absolute Gasteiger partial charge is 0.303 e. The first-order valence-corrected chi connectivity index (χ1v) is 7.12. The van der Waals surface area contributed by atoms with Crippen LogP contribution in [0.1, 0.15) is 19.8 Å². The molecule has 21 heavy (non-hydrogen) atoms. The van der Waals surface area contributed by atoms with E-state index in [-0.39, 0.29) is 24.9 Å². The van der Waals surface area contributed by atoms with Crippen molar-refractivity contribution in [1.82, 2.24) is 4.90 Å². The van der Waals surface area contributed by atoms with Gasteiger partial charge in [-0.2, -0.15) is 0 Å². The molecule has 5 nitrogen and oxygen atoms in total. The maximum atomic E-state index is 11.7. The van der Waals surface area contributed by atoms with Crippen molar-refractivity contribution in [2.75, 3.05) is 13.6 Å². The van der Waals surface area contributed by atoms with Crippen molar-refractivity contribution in [2.45, 2.75) is 25.9 Å². The Kier molecular flexibility index (Phi) is 6.78. The van der Waals surface area contributed by atoms with E-state index in [2.05, 4.69) is 0 Å². The summed E-state index contributed by atoms with van der Waals surface area (Å²) in [5, 5.41) is 9.39. The average molecular weight is 334 g/mol. The largest absolute Gasteiger partial charge is 0.489 e. The summed E-state index contributed by atoms with van der Waals surface area (Å²) in [6.07, 6.45) is -0.461. The van der Waals surface area contributed by atoms with Crippen molar-refractivity contribution >= 4 is 35.1 Å². The molecule has 0 spiro atoms. The number of hydrogen-bond acceptors (Lipinski definition) is 3. The standard InChI is InChI=1S/C14H17Cl2NO4/c1-9(8-17(2)13(18)5-6-14(19)20)21-10-3-4-11(15)12(16)7-10/h3-4,7,9H,5-6,8H2,1-2H3,(H,19,20). The zero-order valence-electron chi connectivity index (χ0n) is 11.8. The number of halogens is 2. The maximum Gasteiger partial charge on any atom is 0.303 e. The molecule has 0 heterocycles. The second-order valence-corrected chi connectivity index (χ2v) is 5.49. The van der Waals surface area contributed by atoms with Crippen LogP contribution < -0.4 is 4.74 Å². The molecule has 0 saturated heterocycles. The molecule has 0 aliphatic heterocycles. The summed E-state index contributed by atoms with van der Waals surface area (Å²) in [5.41, 5.74) is 0. The molecule has 0 aliphatic carbocycles. The molecule has 116 valence electrons. The number of benzene rings is 1. The van der Waals surface area contributed by atoms with Gasteiger partial charge in [-0.15, -0.1) is 0 Å². The van der Waals surface area contributed by atoms with Crippen LogP contribution in [0.4, 0.5) is 0 Å². The van der Waals surface area contributed by atoms with Crippen LogP contribution in [0.25, 0.3) is 0 Å². The Hall–Kier alpha value is -1.46. The molecule has 1 rings (SSSR count). The Labute approximate surface area is 133 Å². The average Bonchev–Trinajstić information content (AvgIpc) is 2.40. The molecule has 0 bridgehead atoms. The van der Waals surface area contributed by atoms with Crippen LogP contribution in [0.3, 0.4) is 0 Å². The van der Waals surface area contributed by atoms with Gasteiger partial charge in [-0.3, -0.25) is 9.59 Å². The van der Waals surface area contributed by atoms with Crippen LogP contribution in [0.5, 0.6) is 5.75 Å². The van der Waals surface area contributed by atoms with Gasteiger partial charge in [0.05, 0.1) is 23.0 Å². The van der Waals surface area contributed by atoms with Gasteiger partial charge in [0.1, 0.15) is 11.9 Å². The summed E-state index contributed by atoms with van der Waals surface area (Å²) < 4.78 is 5.64. The maximum absolute atomic E-state index is 11.7. The first kappa shape index (κ1) is 17.6. The highest BCUT2D eigenvalue weighted by molar-refractivity contribution is 6.42. The molecule has 0 aromatic heterocycles. The lowest BCUT2D eigenvalue weighted by atomic mass is 10.2. The SMILES string of the molecule is CC(CN(C)C(=O)CCC(=O)O)Oc1ccc(Cl)c(Cl)c1. The number of hydrogen-bond donors (Lipinski definition) is 1. The summed E-state index contributed by atoms with van der Waals surface area (Å²) in [6.45, 7) is 2.15. The van der Waals surface area contributed by atoms with E-state index in [1.54, 1.807) is 25.2 Å². The van der Waals surface area contributed by atoms with Gasteiger partial charge in [0, 0.05) is 19.5 Å². The quantitative estimate of drug-likeness (QED) is 0.832. The summed E-state index contributed by atoms with van der Waals surface area (Å²) in [6, 6.07) is 4.93. The third kappa shape index (κ3) is 6.23. The van der Waals surface area contributed by atoms with Gasteiger partial charge in [0.2, 0.25) is 5.91 Å². The van der Waals surface area contributed by atoms with E-state index in [4.69, 9.17) is 33.0 Å². The fourth-order valence-corrected chi connectivity index (χ4v) is 2.00. The number of carboxylic acid groups (broad SMARTS) is 1. The van der Waals surface area contributed by atoms with Crippen LogP contribution in [0.2, 0.25) is 10.0 Å². The molecule has 1 unspecified atom stereocenters. The summed E-state index contributed by atoms with van der Waals surface area (Å²) in [7, 11) is 1.61. The third-order valence-electron chi connectivity index (χ3n) is 2.74. The highest BCUT2D eigenvalue weighted by Crippen LogP contribution is 2.26. The molecule has 0 aliphatic rings. The van der Waals surface area contributed by atoms with E-state index in [1.807, 2.05) is 6.92 Å². The predicted octanol–water partition coefficient (Wildman–Crippen LogP) is 3.08. The van der Waals surface area contributed by atoms with Crippen molar-refractivity contribution in [1.29, 1.82) is 0 Å². The minimum absolute atomic E-state index is 0.0225. The number of rotatable bonds is 7. The molecule has 1 amide bonds. The second kappa shape index (κ2) is 8.10. The zero-order chi connectivity index (χ0) is 16.0. The van der Waals surface area contributed by atoms with Crippen LogP contribution in [0, 0.1) is 0 Å². The molecule has 1 N–H and O–H groups in total. The van der Waals surface area contributed by atoms with Crippen molar-refractivity contribution in [3.05, 3.63) is 28.2 Å². The van der Waals surface area contributed by atoms with E-state index >= 15 is 0 Å². The van der Waals surface area contributed by atoms with E-state index < -0.39 is 5.97 Å². The summed E-state index contributed by atoms with van der Waals surface area (Å²) >= 11 is 11.7. The van der Waals surface area contributed by atoms with Crippen LogP contribution in [0.15, 0.2) is 18.2 Å². The van der Waals surface area contributed by atoms with Crippen LogP contribution in [-0.2, 0) is 9.59 Å². The highest BCUT2D eigenvalue weighted by atomic mass is 35.5. The fourth-order valence-electron chi connectivity index (χ4n) is 1.71. The van der Waals surface area contributed by atoms with Crippen molar-refractivity contribution < 1.29 is 19.4 Å². The first-order chi connectivity index (χ1) is 9.79. The van der Waals surface area contributed by atoms with Gasteiger partial charge in [0.25, 0.3) is 0 Å². The molecule has 1 atom stereocenters. The summed E-state index contributed by atoms with van der Waals surface area (Å²) in [4.78, 5) is 23.6. The molecule has 0 radical (unpaired) electrons. The van der Waals surface area contributed by atoms with Crippen LogP contribution >= 0.6 is 23.2 Å². The molecule has 7 heteroatoms. The number of carboxylic acids is 1. The molecule has 0 saturated carbocycles. The van der Waals surface area contributed by atoms with Gasteiger partial charge >= 0.3 is 5.97 Å². The number of aliphatic carboxylic acids is 1. The Balaban J connectivity index is 2.48. The molecule has 1 aromatic rings. The monoisotopic (exact) mass is 333 g/mol. The second-order valence-electron chi connectivity index (χ2n) is 4.67. The lowest BCUT2D eigenvalue weighted by Gasteiger charge is -2.22. The zero-order valence-corrected chi connectivity index (χ0v) is 13.3.